The van der Waals surface area contributed by atoms with Crippen molar-refractivity contribution in [3.8, 4) is 16.9 Å². The van der Waals surface area contributed by atoms with Gasteiger partial charge in [-0.05, 0) is 49.4 Å². The van der Waals surface area contributed by atoms with Crippen LogP contribution in [-0.4, -0.2) is 27.0 Å². The lowest BCUT2D eigenvalue weighted by atomic mass is 10.1. The number of H-pyrrole nitrogens is 1. The van der Waals surface area contributed by atoms with Crippen molar-refractivity contribution in [1.29, 1.82) is 0 Å². The third-order valence-electron chi connectivity index (χ3n) is 5.08. The summed E-state index contributed by atoms with van der Waals surface area (Å²) in [4.78, 5) is 27.3. The second kappa shape index (κ2) is 8.46. The standard InChI is InChI=1S/C24H20N6O3/c1-14-12-26-23(30-22(14)27-17-6-8-21-19(11-17)29-24(31)33-21)28-16-5-7-20(32-2)18(10-16)15-4-3-9-25-13-15/h3-13H,1-2H3,(H,29,31)(H2,26,27,28,30). The monoisotopic (exact) mass is 440 g/mol. The minimum absolute atomic E-state index is 0.434. The molecule has 0 aliphatic heterocycles. The van der Waals surface area contributed by atoms with Crippen LogP contribution >= 0.6 is 0 Å². The van der Waals surface area contributed by atoms with E-state index in [1.165, 1.54) is 0 Å². The first-order valence-electron chi connectivity index (χ1n) is 10.2. The molecule has 3 N–H and O–H groups in total. The zero-order valence-electron chi connectivity index (χ0n) is 17.9. The van der Waals surface area contributed by atoms with Crippen molar-refractivity contribution >= 4 is 34.2 Å². The van der Waals surface area contributed by atoms with Crippen LogP contribution in [0.2, 0.25) is 0 Å². The summed E-state index contributed by atoms with van der Waals surface area (Å²) >= 11 is 0. The average Bonchev–Trinajstić information content (AvgIpc) is 3.21. The zero-order chi connectivity index (χ0) is 22.8. The number of rotatable bonds is 6. The second-order valence-corrected chi connectivity index (χ2v) is 7.36. The Morgan fingerprint density at radius 1 is 1.03 bits per heavy atom. The summed E-state index contributed by atoms with van der Waals surface area (Å²) in [5.41, 5.74) is 5.39. The summed E-state index contributed by atoms with van der Waals surface area (Å²) in [5, 5.41) is 6.52. The van der Waals surface area contributed by atoms with Gasteiger partial charge in [-0.2, -0.15) is 4.98 Å². The first-order valence-corrected chi connectivity index (χ1v) is 10.2. The van der Waals surface area contributed by atoms with Crippen molar-refractivity contribution in [1.82, 2.24) is 19.9 Å². The van der Waals surface area contributed by atoms with E-state index < -0.39 is 5.76 Å². The molecular formula is C24H20N6O3. The molecule has 0 saturated heterocycles. The van der Waals surface area contributed by atoms with Crippen molar-refractivity contribution in [3.05, 3.63) is 83.2 Å². The third-order valence-corrected chi connectivity index (χ3v) is 5.08. The van der Waals surface area contributed by atoms with Gasteiger partial charge in [-0.25, -0.2) is 9.78 Å². The van der Waals surface area contributed by atoms with Gasteiger partial charge < -0.3 is 19.8 Å². The van der Waals surface area contributed by atoms with Crippen molar-refractivity contribution in [3.63, 3.8) is 0 Å². The fraction of sp³-hybridized carbons (Fsp3) is 0.0833. The van der Waals surface area contributed by atoms with Gasteiger partial charge in [0.15, 0.2) is 5.58 Å². The van der Waals surface area contributed by atoms with E-state index in [-0.39, 0.29) is 0 Å². The number of ether oxygens (including phenoxy) is 1. The number of methoxy groups -OCH3 is 1. The van der Waals surface area contributed by atoms with E-state index in [4.69, 9.17) is 9.15 Å². The Morgan fingerprint density at radius 3 is 2.70 bits per heavy atom. The Balaban J connectivity index is 1.42. The Labute approximate surface area is 188 Å². The molecular weight excluding hydrogens is 420 g/mol. The number of benzene rings is 2. The van der Waals surface area contributed by atoms with Crippen LogP contribution in [0.1, 0.15) is 5.56 Å². The van der Waals surface area contributed by atoms with Crippen LogP contribution < -0.4 is 21.1 Å². The molecule has 3 aromatic heterocycles. The summed E-state index contributed by atoms with van der Waals surface area (Å²) in [6.45, 7) is 1.91. The van der Waals surface area contributed by atoms with Gasteiger partial charge >= 0.3 is 5.76 Å². The normalized spacial score (nSPS) is 10.8. The maximum atomic E-state index is 11.4. The van der Waals surface area contributed by atoms with Crippen LogP contribution in [-0.2, 0) is 0 Å². The lowest BCUT2D eigenvalue weighted by Gasteiger charge is -2.13. The average molecular weight is 440 g/mol. The summed E-state index contributed by atoms with van der Waals surface area (Å²) < 4.78 is 10.6. The van der Waals surface area contributed by atoms with Gasteiger partial charge in [0.25, 0.3) is 0 Å². The van der Waals surface area contributed by atoms with Gasteiger partial charge in [-0.15, -0.1) is 0 Å². The minimum Gasteiger partial charge on any atom is -0.496 e. The minimum atomic E-state index is -0.489. The number of aromatic nitrogens is 4. The molecule has 5 rings (SSSR count). The fourth-order valence-corrected chi connectivity index (χ4v) is 3.46. The highest BCUT2D eigenvalue weighted by Crippen LogP contribution is 2.33. The van der Waals surface area contributed by atoms with Gasteiger partial charge in [-0.3, -0.25) is 9.97 Å². The van der Waals surface area contributed by atoms with Crippen LogP contribution in [0.15, 0.2) is 76.3 Å². The fourth-order valence-electron chi connectivity index (χ4n) is 3.46. The first kappa shape index (κ1) is 20.3. The van der Waals surface area contributed by atoms with Gasteiger partial charge in [0, 0.05) is 46.7 Å². The molecule has 33 heavy (non-hydrogen) atoms. The van der Waals surface area contributed by atoms with Crippen LogP contribution in [0, 0.1) is 6.92 Å². The maximum Gasteiger partial charge on any atom is 0.417 e. The molecule has 5 aromatic rings. The number of fused-ring (bicyclic) bond motifs is 1. The molecule has 3 heterocycles. The molecule has 9 nitrogen and oxygen atoms in total. The maximum absolute atomic E-state index is 11.4. The van der Waals surface area contributed by atoms with Crippen molar-refractivity contribution in [2.24, 2.45) is 0 Å². The number of pyridine rings is 1. The van der Waals surface area contributed by atoms with E-state index in [9.17, 15) is 4.79 Å². The summed E-state index contributed by atoms with van der Waals surface area (Å²) in [6, 6.07) is 14.9. The lowest BCUT2D eigenvalue weighted by Crippen LogP contribution is -2.03. The Hall–Kier alpha value is -4.66. The van der Waals surface area contributed by atoms with Crippen LogP contribution in [0.3, 0.4) is 0 Å². The number of hydrogen-bond donors (Lipinski definition) is 3. The highest BCUT2D eigenvalue weighted by molar-refractivity contribution is 5.79. The van der Waals surface area contributed by atoms with E-state index in [1.807, 2.05) is 43.3 Å². The number of nitrogens with zero attached hydrogens (tertiary/aromatic N) is 3. The molecule has 164 valence electrons. The molecule has 0 atom stereocenters. The molecule has 0 bridgehead atoms. The van der Waals surface area contributed by atoms with E-state index in [0.29, 0.717) is 22.9 Å². The summed E-state index contributed by atoms with van der Waals surface area (Å²) in [5.74, 6) is 1.33. The number of nitrogens with one attached hydrogen (secondary N) is 3. The largest absolute Gasteiger partial charge is 0.496 e. The smallest absolute Gasteiger partial charge is 0.417 e. The van der Waals surface area contributed by atoms with E-state index in [0.717, 1.165) is 33.8 Å². The number of aromatic amines is 1. The van der Waals surface area contributed by atoms with Gasteiger partial charge in [-0.1, -0.05) is 6.07 Å². The number of anilines is 4. The molecule has 0 aliphatic rings. The molecule has 2 aromatic carbocycles. The van der Waals surface area contributed by atoms with E-state index in [1.54, 1.807) is 37.8 Å². The van der Waals surface area contributed by atoms with Crippen LogP contribution in [0.5, 0.6) is 5.75 Å². The van der Waals surface area contributed by atoms with Crippen molar-refractivity contribution in [2.45, 2.75) is 6.92 Å². The molecule has 0 fully saturated rings. The SMILES string of the molecule is COc1ccc(Nc2ncc(C)c(Nc3ccc4oc(=O)[nH]c4c3)n2)cc1-c1cccnc1. The van der Waals surface area contributed by atoms with Crippen molar-refractivity contribution < 1.29 is 9.15 Å². The second-order valence-electron chi connectivity index (χ2n) is 7.36. The quantitative estimate of drug-likeness (QED) is 0.345. The Bertz CT molecular complexity index is 1490. The van der Waals surface area contributed by atoms with Gasteiger partial charge in [0.2, 0.25) is 5.95 Å². The number of oxazole rings is 1. The van der Waals surface area contributed by atoms with Gasteiger partial charge in [0.05, 0.1) is 12.6 Å². The molecule has 0 spiro atoms. The third kappa shape index (κ3) is 4.24. The highest BCUT2D eigenvalue weighted by Gasteiger charge is 2.10. The number of aryl methyl sites for hydroxylation is 1. The summed E-state index contributed by atoms with van der Waals surface area (Å²) in [6.07, 6.45) is 5.26. The predicted octanol–water partition coefficient (Wildman–Crippen LogP) is 4.78. The molecule has 0 unspecified atom stereocenters. The first-order chi connectivity index (χ1) is 16.1. The molecule has 9 heteroatoms. The van der Waals surface area contributed by atoms with Crippen molar-refractivity contribution in [2.75, 3.05) is 17.7 Å². The van der Waals surface area contributed by atoms with Gasteiger partial charge in [0.1, 0.15) is 11.6 Å². The Morgan fingerprint density at radius 2 is 1.88 bits per heavy atom. The lowest BCUT2D eigenvalue weighted by molar-refractivity contribution is 0.416. The topological polar surface area (TPSA) is 118 Å². The molecule has 0 aliphatic carbocycles. The summed E-state index contributed by atoms with van der Waals surface area (Å²) in [7, 11) is 1.64. The number of hydrogen-bond acceptors (Lipinski definition) is 8. The van der Waals surface area contributed by atoms with Crippen LogP contribution in [0.4, 0.5) is 23.1 Å². The van der Waals surface area contributed by atoms with E-state index in [2.05, 4.69) is 30.6 Å². The zero-order valence-corrected chi connectivity index (χ0v) is 17.9. The predicted molar refractivity (Wildman–Crippen MR) is 126 cm³/mol. The Kier molecular flexibility index (Phi) is 5.19. The van der Waals surface area contributed by atoms with E-state index >= 15 is 0 Å². The molecule has 0 saturated carbocycles. The molecule has 0 amide bonds. The van der Waals surface area contributed by atoms with Crippen LogP contribution in [0.25, 0.3) is 22.2 Å². The highest BCUT2D eigenvalue weighted by atomic mass is 16.5. The molecule has 0 radical (unpaired) electrons.